The summed E-state index contributed by atoms with van der Waals surface area (Å²) in [7, 11) is 0. The summed E-state index contributed by atoms with van der Waals surface area (Å²) in [6.07, 6.45) is 0. The Morgan fingerprint density at radius 1 is 0.920 bits per heavy atom. The summed E-state index contributed by atoms with van der Waals surface area (Å²) in [6, 6.07) is 8.36. The number of hydrogen-bond donors (Lipinski definition) is 1. The number of nitrogens with zero attached hydrogens (tertiary/aromatic N) is 4. The quantitative estimate of drug-likeness (QED) is 0.532. The summed E-state index contributed by atoms with van der Waals surface area (Å²) in [5.74, 6) is 0. The number of non-ortho nitro benzene ring substituents is 1. The molecule has 12 heteroatoms. The highest BCUT2D eigenvalue weighted by Crippen LogP contribution is 2.41. The molecule has 2 aromatic carbocycles. The van der Waals surface area contributed by atoms with Crippen LogP contribution in [0.4, 0.5) is 27.9 Å². The maximum absolute atomic E-state index is 11.2. The SMILES string of the molecule is O=[N+]([O-])c1cc([N+](=O)[O-])c(Nc2nc3ccccc3s2)c([N+](=O)[O-])c1. The number of hydrogen-bond acceptors (Lipinski definition) is 9. The van der Waals surface area contributed by atoms with Crippen molar-refractivity contribution in [2.24, 2.45) is 0 Å². The number of nitro groups is 3. The molecule has 0 aliphatic carbocycles. The lowest BCUT2D eigenvalue weighted by Gasteiger charge is -2.05. The van der Waals surface area contributed by atoms with Crippen LogP contribution in [-0.4, -0.2) is 19.8 Å². The lowest BCUT2D eigenvalue weighted by atomic mass is 10.2. The van der Waals surface area contributed by atoms with Gasteiger partial charge in [0.2, 0.25) is 0 Å². The van der Waals surface area contributed by atoms with Crippen molar-refractivity contribution in [2.45, 2.75) is 0 Å². The highest BCUT2D eigenvalue weighted by molar-refractivity contribution is 7.22. The Balaban J connectivity index is 2.17. The predicted octanol–water partition coefficient (Wildman–Crippen LogP) is 3.76. The number of aromatic nitrogens is 1. The normalized spacial score (nSPS) is 10.6. The van der Waals surface area contributed by atoms with Crippen molar-refractivity contribution in [3.8, 4) is 0 Å². The molecule has 0 saturated carbocycles. The number of rotatable bonds is 5. The minimum Gasteiger partial charge on any atom is -0.320 e. The van der Waals surface area contributed by atoms with E-state index in [-0.39, 0.29) is 5.13 Å². The van der Waals surface area contributed by atoms with Gasteiger partial charge in [0.25, 0.3) is 5.69 Å². The Bertz CT molecular complexity index is 965. The molecule has 0 amide bonds. The Kier molecular flexibility index (Phi) is 3.94. The van der Waals surface area contributed by atoms with Gasteiger partial charge in [-0.15, -0.1) is 0 Å². The topological polar surface area (TPSA) is 154 Å². The summed E-state index contributed by atoms with van der Waals surface area (Å²) < 4.78 is 0.775. The first-order valence-corrected chi connectivity index (χ1v) is 7.42. The van der Waals surface area contributed by atoms with Gasteiger partial charge in [-0.3, -0.25) is 30.3 Å². The van der Waals surface area contributed by atoms with Gasteiger partial charge in [0.15, 0.2) is 10.8 Å². The molecular weight excluding hydrogens is 354 g/mol. The van der Waals surface area contributed by atoms with E-state index in [1.165, 1.54) is 0 Å². The highest BCUT2D eigenvalue weighted by Gasteiger charge is 2.31. The Morgan fingerprint density at radius 3 is 2.04 bits per heavy atom. The van der Waals surface area contributed by atoms with E-state index in [4.69, 9.17) is 0 Å². The van der Waals surface area contributed by atoms with Gasteiger partial charge in [0.1, 0.15) is 0 Å². The molecular formula is C13H7N5O6S. The van der Waals surface area contributed by atoms with Crippen LogP contribution in [0, 0.1) is 30.3 Å². The van der Waals surface area contributed by atoms with Crippen molar-refractivity contribution in [1.29, 1.82) is 0 Å². The molecule has 0 unspecified atom stereocenters. The Morgan fingerprint density at radius 2 is 1.52 bits per heavy atom. The molecule has 25 heavy (non-hydrogen) atoms. The minimum absolute atomic E-state index is 0.196. The predicted molar refractivity (Wildman–Crippen MR) is 89.3 cm³/mol. The van der Waals surface area contributed by atoms with Gasteiger partial charge in [-0.25, -0.2) is 4.98 Å². The van der Waals surface area contributed by atoms with Crippen LogP contribution in [0.1, 0.15) is 0 Å². The number of benzene rings is 2. The van der Waals surface area contributed by atoms with Crippen LogP contribution < -0.4 is 5.32 Å². The van der Waals surface area contributed by atoms with Crippen LogP contribution in [0.3, 0.4) is 0 Å². The zero-order valence-electron chi connectivity index (χ0n) is 12.1. The molecule has 0 saturated heterocycles. The molecule has 1 aromatic heterocycles. The fourth-order valence-corrected chi connectivity index (χ4v) is 3.02. The van der Waals surface area contributed by atoms with E-state index in [1.807, 2.05) is 0 Å². The maximum atomic E-state index is 11.2. The second kappa shape index (κ2) is 6.09. The average molecular weight is 361 g/mol. The van der Waals surface area contributed by atoms with Crippen molar-refractivity contribution in [2.75, 3.05) is 5.32 Å². The second-order valence-corrected chi connectivity index (χ2v) is 5.77. The van der Waals surface area contributed by atoms with E-state index in [1.54, 1.807) is 24.3 Å². The van der Waals surface area contributed by atoms with E-state index in [9.17, 15) is 30.3 Å². The number of para-hydroxylation sites is 1. The Hall–Kier alpha value is -3.67. The van der Waals surface area contributed by atoms with Gasteiger partial charge in [0.05, 0.1) is 37.1 Å². The van der Waals surface area contributed by atoms with Gasteiger partial charge in [-0.2, -0.15) is 0 Å². The van der Waals surface area contributed by atoms with Crippen molar-refractivity contribution >= 4 is 49.4 Å². The fraction of sp³-hybridized carbons (Fsp3) is 0. The zero-order chi connectivity index (χ0) is 18.1. The molecule has 126 valence electrons. The minimum atomic E-state index is -0.929. The van der Waals surface area contributed by atoms with E-state index in [0.29, 0.717) is 17.6 Å². The fourth-order valence-electron chi connectivity index (χ4n) is 2.15. The van der Waals surface area contributed by atoms with E-state index in [0.717, 1.165) is 16.0 Å². The number of anilines is 2. The van der Waals surface area contributed by atoms with Crippen molar-refractivity contribution in [3.63, 3.8) is 0 Å². The van der Waals surface area contributed by atoms with Crippen LogP contribution in [0.2, 0.25) is 0 Å². The molecule has 0 bridgehead atoms. The van der Waals surface area contributed by atoms with E-state index in [2.05, 4.69) is 10.3 Å². The number of nitrogens with one attached hydrogen (secondary N) is 1. The van der Waals surface area contributed by atoms with Crippen molar-refractivity contribution < 1.29 is 14.8 Å². The first kappa shape index (κ1) is 16.2. The first-order chi connectivity index (χ1) is 11.9. The van der Waals surface area contributed by atoms with Gasteiger partial charge >= 0.3 is 11.4 Å². The third kappa shape index (κ3) is 3.05. The summed E-state index contributed by atoms with van der Waals surface area (Å²) in [5.41, 5.74) is -2.14. The largest absolute Gasteiger partial charge is 0.320 e. The first-order valence-electron chi connectivity index (χ1n) is 6.60. The molecule has 3 aromatic rings. The molecule has 1 N–H and O–H groups in total. The standard InChI is InChI=1S/C13H7N5O6S/c19-16(20)7-5-9(17(21)22)12(10(6-7)18(23)24)15-13-14-8-3-1-2-4-11(8)25-13/h1-6H,(H,14,15). The molecule has 0 radical (unpaired) electrons. The molecule has 0 aliphatic rings. The molecule has 0 spiro atoms. The van der Waals surface area contributed by atoms with Gasteiger partial charge in [0, 0.05) is 0 Å². The maximum Gasteiger partial charge on any atom is 0.306 e. The third-order valence-electron chi connectivity index (χ3n) is 3.21. The third-order valence-corrected chi connectivity index (χ3v) is 4.16. The molecule has 3 rings (SSSR count). The highest BCUT2D eigenvalue weighted by atomic mass is 32.1. The number of thiazole rings is 1. The monoisotopic (exact) mass is 361 g/mol. The average Bonchev–Trinajstić information content (AvgIpc) is 2.96. The van der Waals surface area contributed by atoms with Crippen LogP contribution in [0.25, 0.3) is 10.2 Å². The summed E-state index contributed by atoms with van der Waals surface area (Å²) in [5, 5.41) is 36.1. The van der Waals surface area contributed by atoms with Crippen molar-refractivity contribution in [1.82, 2.24) is 4.98 Å². The van der Waals surface area contributed by atoms with Crippen molar-refractivity contribution in [3.05, 3.63) is 66.7 Å². The zero-order valence-corrected chi connectivity index (χ0v) is 12.9. The van der Waals surface area contributed by atoms with Gasteiger partial charge in [-0.1, -0.05) is 23.5 Å². The molecule has 1 heterocycles. The Labute approximate surface area is 142 Å². The van der Waals surface area contributed by atoms with Crippen LogP contribution >= 0.6 is 11.3 Å². The molecule has 0 fully saturated rings. The summed E-state index contributed by atoms with van der Waals surface area (Å²) in [4.78, 5) is 34.8. The lowest BCUT2D eigenvalue weighted by molar-refractivity contribution is -0.401. The molecule has 0 aliphatic heterocycles. The van der Waals surface area contributed by atoms with Crippen LogP contribution in [-0.2, 0) is 0 Å². The number of fused-ring (bicyclic) bond motifs is 1. The smallest absolute Gasteiger partial charge is 0.306 e. The second-order valence-electron chi connectivity index (χ2n) is 4.74. The lowest BCUT2D eigenvalue weighted by Crippen LogP contribution is -2.03. The summed E-state index contributed by atoms with van der Waals surface area (Å²) >= 11 is 1.14. The van der Waals surface area contributed by atoms with Gasteiger partial charge < -0.3 is 5.32 Å². The number of nitro benzene ring substituents is 3. The van der Waals surface area contributed by atoms with Gasteiger partial charge in [-0.05, 0) is 12.1 Å². The summed E-state index contributed by atoms with van der Waals surface area (Å²) in [6.45, 7) is 0. The molecule has 0 atom stereocenters. The van der Waals surface area contributed by atoms with E-state index < -0.39 is 37.5 Å². The molecule has 11 nitrogen and oxygen atoms in total. The van der Waals surface area contributed by atoms with Crippen LogP contribution in [0.5, 0.6) is 0 Å². The van der Waals surface area contributed by atoms with Crippen LogP contribution in [0.15, 0.2) is 36.4 Å². The van der Waals surface area contributed by atoms with E-state index >= 15 is 0 Å².